The first-order valence-electron chi connectivity index (χ1n) is 20.5. The molecule has 0 bridgehead atoms. The Labute approximate surface area is 341 Å². The average Bonchev–Trinajstić information content (AvgIpc) is 3.68. The van der Waals surface area contributed by atoms with Crippen molar-refractivity contribution in [2.24, 2.45) is 17.6 Å². The van der Waals surface area contributed by atoms with E-state index in [1.807, 2.05) is 52.8 Å². The van der Waals surface area contributed by atoms with E-state index in [1.54, 1.807) is 30.8 Å². The van der Waals surface area contributed by atoms with Gasteiger partial charge in [0.15, 0.2) is 0 Å². The molecule has 4 amide bonds. The van der Waals surface area contributed by atoms with Gasteiger partial charge < -0.3 is 41.0 Å². The molecule has 5 atom stereocenters. The van der Waals surface area contributed by atoms with Gasteiger partial charge in [0, 0.05) is 44.9 Å². The van der Waals surface area contributed by atoms with Gasteiger partial charge in [-0.2, -0.15) is 0 Å². The fraction of sp³-hybridized carbons (Fsp3) is 0.829. The van der Waals surface area contributed by atoms with Gasteiger partial charge in [0.05, 0.1) is 44.2 Å². The predicted octanol–water partition coefficient (Wildman–Crippen LogP) is 4.93. The van der Waals surface area contributed by atoms with Crippen LogP contribution in [0.25, 0.3) is 0 Å². The molecule has 1 fully saturated rings. The maximum Gasteiger partial charge on any atom is 0.242 e. The van der Waals surface area contributed by atoms with Crippen molar-refractivity contribution in [1.29, 1.82) is 0 Å². The Balaban J connectivity index is -0.000000638. The number of nitrogens with two attached hydrogens (primary N) is 1. The van der Waals surface area contributed by atoms with Crippen molar-refractivity contribution in [1.82, 2.24) is 30.7 Å². The molecule has 55 heavy (non-hydrogen) atoms. The van der Waals surface area contributed by atoms with Crippen LogP contribution in [-0.2, 0) is 28.7 Å². The van der Waals surface area contributed by atoms with Crippen molar-refractivity contribution < 1.29 is 28.7 Å². The van der Waals surface area contributed by atoms with Gasteiger partial charge in [0.25, 0.3) is 0 Å². The molecule has 0 aromatic carbocycles. The van der Waals surface area contributed by atoms with E-state index in [0.29, 0.717) is 12.3 Å². The summed E-state index contributed by atoms with van der Waals surface area (Å²) in [5, 5.41) is 8.25. The van der Waals surface area contributed by atoms with Gasteiger partial charge in [-0.1, -0.05) is 88.2 Å². The first-order chi connectivity index (χ1) is 26.2. The monoisotopic (exact) mass is 804 g/mol. The van der Waals surface area contributed by atoms with E-state index in [-0.39, 0.29) is 73.6 Å². The van der Waals surface area contributed by atoms with Crippen LogP contribution in [0.1, 0.15) is 114 Å². The third kappa shape index (κ3) is 27.7. The second kappa shape index (κ2) is 39.7. The zero-order valence-electron chi connectivity index (χ0n) is 37.5. The molecule has 1 saturated heterocycles. The molecule has 326 valence electrons. The molecule has 0 aromatic rings. The number of likely N-dealkylation sites (tertiary alicyclic amines) is 1. The second-order valence-corrected chi connectivity index (χ2v) is 14.6. The Morgan fingerprint density at radius 2 is 1.64 bits per heavy atom. The van der Waals surface area contributed by atoms with Crippen molar-refractivity contribution >= 4 is 41.7 Å². The summed E-state index contributed by atoms with van der Waals surface area (Å²) < 4.78 is 5.85. The smallest absolute Gasteiger partial charge is 0.242 e. The van der Waals surface area contributed by atoms with Crippen LogP contribution in [-0.4, -0.2) is 141 Å². The molecule has 0 aliphatic carbocycles. The van der Waals surface area contributed by atoms with Crippen molar-refractivity contribution in [2.45, 2.75) is 138 Å². The van der Waals surface area contributed by atoms with Gasteiger partial charge in [-0.15, -0.1) is 18.3 Å². The largest absolute Gasteiger partial charge is 0.379 e. The quantitative estimate of drug-likeness (QED) is 0.0510. The number of carbonyl (C=O) groups excluding carboxylic acids is 5. The summed E-state index contributed by atoms with van der Waals surface area (Å²) in [4.78, 5) is 65.1. The zero-order valence-corrected chi connectivity index (χ0v) is 38.3. The maximum atomic E-state index is 13.3. The lowest BCUT2D eigenvalue weighted by atomic mass is 9.90. The molecule has 13 nitrogen and oxygen atoms in total. The number of thioether (sulfide) groups is 1. The molecule has 0 saturated carbocycles. The number of hydrogen-bond acceptors (Lipinski definition) is 10. The summed E-state index contributed by atoms with van der Waals surface area (Å²) in [5.41, 5.74) is 4.88. The molecule has 1 aliphatic rings. The molecule has 5 unspecified atom stereocenters. The number of likely N-dealkylation sites (N-methyl/N-ethyl adjacent to an activating group) is 2. The lowest BCUT2D eigenvalue weighted by Crippen LogP contribution is -2.55. The normalized spacial score (nSPS) is 15.1. The van der Waals surface area contributed by atoms with Gasteiger partial charge in [0.2, 0.25) is 23.6 Å². The molecular formula is C41H85N7O6S. The van der Waals surface area contributed by atoms with Gasteiger partial charge in [-0.05, 0) is 51.6 Å². The van der Waals surface area contributed by atoms with Crippen molar-refractivity contribution in [2.75, 3.05) is 72.6 Å². The number of methoxy groups -OCH3 is 1. The van der Waals surface area contributed by atoms with E-state index in [2.05, 4.69) is 69.0 Å². The van der Waals surface area contributed by atoms with Crippen LogP contribution in [0, 0.1) is 11.8 Å². The predicted molar refractivity (Wildman–Crippen MR) is 233 cm³/mol. The highest BCUT2D eigenvalue weighted by Gasteiger charge is 2.37. The molecule has 1 aliphatic heterocycles. The van der Waals surface area contributed by atoms with Crippen molar-refractivity contribution in [3.05, 3.63) is 12.7 Å². The number of carbonyl (C=O) groups is 5. The Morgan fingerprint density at radius 3 is 2.07 bits per heavy atom. The van der Waals surface area contributed by atoms with E-state index >= 15 is 0 Å². The third-order valence-corrected chi connectivity index (χ3v) is 9.74. The molecule has 0 radical (unpaired) electrons. The zero-order chi connectivity index (χ0) is 43.4. The molecule has 0 aromatic heterocycles. The lowest BCUT2D eigenvalue weighted by Gasteiger charge is -2.38. The summed E-state index contributed by atoms with van der Waals surface area (Å²) in [5.74, 6) is 1.49. The minimum Gasteiger partial charge on any atom is -0.379 e. The Hall–Kier alpha value is -2.52. The van der Waals surface area contributed by atoms with Crippen LogP contribution in [0.15, 0.2) is 12.7 Å². The number of nitrogens with one attached hydrogen (secondary N) is 3. The summed E-state index contributed by atoms with van der Waals surface area (Å²) in [6.45, 7) is 25.6. The minimum atomic E-state index is -0.412. The van der Waals surface area contributed by atoms with Gasteiger partial charge in [0.1, 0.15) is 6.29 Å². The average molecular weight is 804 g/mol. The summed E-state index contributed by atoms with van der Waals surface area (Å²) in [6.07, 6.45) is 8.54. The van der Waals surface area contributed by atoms with Crippen molar-refractivity contribution in [3.63, 3.8) is 0 Å². The molecular weight excluding hydrogens is 719 g/mol. The van der Waals surface area contributed by atoms with Crippen LogP contribution >= 0.6 is 11.8 Å². The summed E-state index contributed by atoms with van der Waals surface area (Å²) >= 11 is 1.79. The number of nitrogens with zero attached hydrogens (tertiary/aromatic N) is 3. The second-order valence-electron chi connectivity index (χ2n) is 13.5. The lowest BCUT2D eigenvalue weighted by molar-refractivity contribution is -0.143. The van der Waals surface area contributed by atoms with Gasteiger partial charge in [-0.3, -0.25) is 24.1 Å². The minimum absolute atomic E-state index is 0.0516. The van der Waals surface area contributed by atoms with E-state index in [9.17, 15) is 24.0 Å². The number of rotatable bonds is 22. The molecule has 14 heteroatoms. The van der Waals surface area contributed by atoms with Crippen LogP contribution in [0.4, 0.5) is 0 Å². The Kier molecular flexibility index (Phi) is 42.7. The van der Waals surface area contributed by atoms with Crippen molar-refractivity contribution in [3.8, 4) is 0 Å². The SMILES string of the molecule is C=CCC.CC.CCC.CCC(C)C(C(CC(=O)N1CCCC1CC)OC)N(C)C(=O)CNC(=O)C(C(C)C)N(C)CCSCNC.NCC(=O)NCC=O. The molecule has 0 spiro atoms. The highest BCUT2D eigenvalue weighted by atomic mass is 32.2. The summed E-state index contributed by atoms with van der Waals surface area (Å²) in [7, 11) is 7.26. The van der Waals surface area contributed by atoms with E-state index in [4.69, 9.17) is 10.5 Å². The third-order valence-electron chi connectivity index (χ3n) is 8.78. The van der Waals surface area contributed by atoms with E-state index < -0.39 is 6.10 Å². The number of allylic oxidation sites excluding steroid dienone is 1. The highest BCUT2D eigenvalue weighted by molar-refractivity contribution is 7.99. The fourth-order valence-corrected chi connectivity index (χ4v) is 6.55. The van der Waals surface area contributed by atoms with Crippen LogP contribution in [0.3, 0.4) is 0 Å². The first kappa shape index (κ1) is 59.2. The van der Waals surface area contributed by atoms with Gasteiger partial charge >= 0.3 is 0 Å². The number of ether oxygens (including phenoxy) is 1. The van der Waals surface area contributed by atoms with Crippen LogP contribution < -0.4 is 21.7 Å². The number of aldehydes is 1. The van der Waals surface area contributed by atoms with Gasteiger partial charge in [-0.25, -0.2) is 0 Å². The summed E-state index contributed by atoms with van der Waals surface area (Å²) in [6, 6.07) is -0.288. The number of amides is 4. The topological polar surface area (TPSA) is 166 Å². The van der Waals surface area contributed by atoms with E-state index in [1.165, 1.54) is 6.42 Å². The van der Waals surface area contributed by atoms with Crippen LogP contribution in [0.2, 0.25) is 0 Å². The Bertz CT molecular complexity index is 991. The number of hydrogen-bond donors (Lipinski definition) is 4. The molecule has 1 heterocycles. The molecule has 5 N–H and O–H groups in total. The standard InChI is InChI=1S/C28H55N5O4S.C4H8N2O2.C4H8.C3H8.C2H6/c1-10-21(5)27(23(37-9)17-24(34)33-14-12-13-22(33)11-2)32(8)25(35)18-30-28(36)26(20(3)4)31(7)15-16-38-19-29-6;5-3-4(8)6-1-2-7;1-3-4-2;1-3-2;1-2/h20-23,26-27,29H,10-19H2,1-9H3,(H,30,36);2H,1,3,5H2,(H,6,8);3H,1,4H2,2H3;3H2,1-2H3;1-2H3. The van der Waals surface area contributed by atoms with E-state index in [0.717, 1.165) is 56.8 Å². The molecule has 1 rings (SSSR count). The maximum absolute atomic E-state index is 13.3. The highest BCUT2D eigenvalue weighted by Crippen LogP contribution is 2.25. The van der Waals surface area contributed by atoms with Crippen LogP contribution in [0.5, 0.6) is 0 Å². The first-order valence-corrected chi connectivity index (χ1v) is 21.6. The fourth-order valence-electron chi connectivity index (χ4n) is 5.78. The Morgan fingerprint density at radius 1 is 1.05 bits per heavy atom.